The Morgan fingerprint density at radius 1 is 1.24 bits per heavy atom. The maximum absolute atomic E-state index is 13.0. The van der Waals surface area contributed by atoms with Crippen LogP contribution in [0.4, 0.5) is 9.18 Å². The molecule has 2 rings (SSSR count). The van der Waals surface area contributed by atoms with Crippen molar-refractivity contribution in [2.45, 2.75) is 57.2 Å². The molecule has 0 saturated carbocycles. The predicted molar refractivity (Wildman–Crippen MR) is 118 cm³/mol. The van der Waals surface area contributed by atoms with E-state index in [0.29, 0.717) is 18.5 Å². The summed E-state index contributed by atoms with van der Waals surface area (Å²) in [5, 5.41) is 17.4. The zero-order valence-corrected chi connectivity index (χ0v) is 19.7. The number of alkyl carbamates (subject to hydrolysis) is 1. The van der Waals surface area contributed by atoms with E-state index in [1.165, 1.54) is 24.3 Å². The standard InChI is InChI=1S/C21H30FN3O8S/c1-12(2)9-16(25-21(29)33-11-13-3-5-15(22)6-4-13)19(27)24-17(20(28)34(30,31)32)10-14-7-8-23-18(14)26/h3-6,12,14,16-17,20,28H,7-11H2,1-2H3,(H,23,26)(H,24,27)(H,25,29)(H,30,31,32)/t14-,16-,17-,20-/m0/s1. The van der Waals surface area contributed by atoms with Crippen LogP contribution in [0.5, 0.6) is 0 Å². The lowest BCUT2D eigenvalue weighted by Gasteiger charge is -2.27. The number of aliphatic hydroxyl groups is 1. The molecule has 0 aromatic heterocycles. The number of benzene rings is 1. The van der Waals surface area contributed by atoms with Crippen LogP contribution in [0.3, 0.4) is 0 Å². The van der Waals surface area contributed by atoms with E-state index in [1.807, 2.05) is 0 Å². The second kappa shape index (κ2) is 12.1. The highest BCUT2D eigenvalue weighted by Gasteiger charge is 2.37. The zero-order chi connectivity index (χ0) is 25.5. The van der Waals surface area contributed by atoms with Gasteiger partial charge in [0, 0.05) is 12.5 Å². The molecule has 0 aliphatic carbocycles. The average molecular weight is 504 g/mol. The Kier molecular flexibility index (Phi) is 9.77. The molecule has 0 radical (unpaired) electrons. The first-order valence-corrected chi connectivity index (χ1v) is 12.3. The minimum absolute atomic E-state index is 0.0706. The van der Waals surface area contributed by atoms with E-state index >= 15 is 0 Å². The van der Waals surface area contributed by atoms with Gasteiger partial charge in [-0.1, -0.05) is 26.0 Å². The van der Waals surface area contributed by atoms with Gasteiger partial charge in [-0.05, 0) is 42.9 Å². The van der Waals surface area contributed by atoms with Crippen molar-refractivity contribution < 1.29 is 41.6 Å². The molecule has 5 N–H and O–H groups in total. The second-order valence-electron chi connectivity index (χ2n) is 8.56. The SMILES string of the molecule is CC(C)C[C@H](NC(=O)OCc1ccc(F)cc1)C(=O)N[C@@H](C[C@@H]1CCNC1=O)[C@@H](O)S(=O)(=O)O. The van der Waals surface area contributed by atoms with Gasteiger partial charge in [0.2, 0.25) is 17.3 Å². The van der Waals surface area contributed by atoms with Crippen LogP contribution in [0, 0.1) is 17.7 Å². The number of hydrogen-bond acceptors (Lipinski definition) is 7. The molecule has 1 aromatic carbocycles. The van der Waals surface area contributed by atoms with Crippen LogP contribution in [0.15, 0.2) is 24.3 Å². The maximum Gasteiger partial charge on any atom is 0.408 e. The van der Waals surface area contributed by atoms with Crippen LogP contribution in [-0.2, 0) is 31.1 Å². The number of carbonyl (C=O) groups is 3. The zero-order valence-electron chi connectivity index (χ0n) is 18.9. The summed E-state index contributed by atoms with van der Waals surface area (Å²) in [5.74, 6) is -2.36. The van der Waals surface area contributed by atoms with E-state index in [2.05, 4.69) is 16.0 Å². The number of nitrogens with one attached hydrogen (secondary N) is 3. The molecule has 4 atom stereocenters. The molecule has 1 fully saturated rings. The number of hydrogen-bond donors (Lipinski definition) is 5. The average Bonchev–Trinajstić information content (AvgIpc) is 3.15. The summed E-state index contributed by atoms with van der Waals surface area (Å²) in [4.78, 5) is 37.1. The first-order chi connectivity index (χ1) is 15.9. The van der Waals surface area contributed by atoms with Gasteiger partial charge in [-0.15, -0.1) is 0 Å². The van der Waals surface area contributed by atoms with Crippen LogP contribution in [0.1, 0.15) is 38.7 Å². The Hall–Kier alpha value is -2.77. The molecule has 13 heteroatoms. The monoisotopic (exact) mass is 503 g/mol. The topological polar surface area (TPSA) is 171 Å². The Labute approximate surface area is 197 Å². The Bertz CT molecular complexity index is 971. The van der Waals surface area contributed by atoms with E-state index in [0.717, 1.165) is 0 Å². The summed E-state index contributed by atoms with van der Waals surface area (Å²) in [6.07, 6.45) is -0.655. The quantitative estimate of drug-likeness (QED) is 0.274. The van der Waals surface area contributed by atoms with Crippen molar-refractivity contribution in [2.75, 3.05) is 6.54 Å². The maximum atomic E-state index is 13.0. The first-order valence-electron chi connectivity index (χ1n) is 10.8. The lowest BCUT2D eigenvalue weighted by Crippen LogP contribution is -2.54. The summed E-state index contributed by atoms with van der Waals surface area (Å²) in [7, 11) is -4.95. The lowest BCUT2D eigenvalue weighted by atomic mass is 9.97. The van der Waals surface area contributed by atoms with Crippen molar-refractivity contribution in [1.29, 1.82) is 0 Å². The highest BCUT2D eigenvalue weighted by molar-refractivity contribution is 7.86. The summed E-state index contributed by atoms with van der Waals surface area (Å²) in [5.41, 5.74) is -1.84. The Balaban J connectivity index is 2.07. The largest absolute Gasteiger partial charge is 0.445 e. The van der Waals surface area contributed by atoms with Crippen LogP contribution in [0.25, 0.3) is 0 Å². The lowest BCUT2D eigenvalue weighted by molar-refractivity contribution is -0.126. The summed E-state index contributed by atoms with van der Waals surface area (Å²) in [6.45, 7) is 3.77. The molecule has 1 heterocycles. The fourth-order valence-electron chi connectivity index (χ4n) is 3.53. The predicted octanol–water partition coefficient (Wildman–Crippen LogP) is 0.684. The molecule has 11 nitrogen and oxygen atoms in total. The minimum atomic E-state index is -4.95. The molecule has 0 bridgehead atoms. The van der Waals surface area contributed by atoms with Crippen molar-refractivity contribution in [3.8, 4) is 0 Å². The molecule has 34 heavy (non-hydrogen) atoms. The third-order valence-electron chi connectivity index (χ3n) is 5.28. The summed E-state index contributed by atoms with van der Waals surface area (Å²) < 4.78 is 50.4. The van der Waals surface area contributed by atoms with E-state index in [-0.39, 0.29) is 31.3 Å². The number of rotatable bonds is 11. The van der Waals surface area contributed by atoms with E-state index in [1.54, 1.807) is 13.8 Å². The number of halogens is 1. The van der Waals surface area contributed by atoms with Gasteiger partial charge in [0.1, 0.15) is 18.5 Å². The van der Waals surface area contributed by atoms with Crippen molar-refractivity contribution >= 4 is 28.0 Å². The van der Waals surface area contributed by atoms with Gasteiger partial charge in [0.25, 0.3) is 10.1 Å². The van der Waals surface area contributed by atoms with Crippen LogP contribution in [-0.4, -0.2) is 60.0 Å². The molecular weight excluding hydrogens is 473 g/mol. The molecule has 190 valence electrons. The van der Waals surface area contributed by atoms with Gasteiger partial charge in [-0.25, -0.2) is 9.18 Å². The minimum Gasteiger partial charge on any atom is -0.445 e. The van der Waals surface area contributed by atoms with Crippen molar-refractivity contribution in [1.82, 2.24) is 16.0 Å². The normalized spacial score (nSPS) is 18.6. The number of carbonyl (C=O) groups excluding carboxylic acids is 3. The van der Waals surface area contributed by atoms with Gasteiger partial charge < -0.3 is 25.8 Å². The van der Waals surface area contributed by atoms with Gasteiger partial charge in [0.15, 0.2) is 0 Å². The molecule has 1 aromatic rings. The third kappa shape index (κ3) is 8.54. The van der Waals surface area contributed by atoms with E-state index in [9.17, 15) is 36.9 Å². The number of aliphatic hydroxyl groups excluding tert-OH is 1. The van der Waals surface area contributed by atoms with Crippen molar-refractivity contribution in [3.63, 3.8) is 0 Å². The van der Waals surface area contributed by atoms with Gasteiger partial charge in [0.05, 0.1) is 6.04 Å². The molecule has 1 saturated heterocycles. The third-order valence-corrected chi connectivity index (χ3v) is 6.22. The fourth-order valence-corrected chi connectivity index (χ4v) is 4.12. The Morgan fingerprint density at radius 2 is 1.88 bits per heavy atom. The van der Waals surface area contributed by atoms with Crippen LogP contribution >= 0.6 is 0 Å². The molecular formula is C21H30FN3O8S. The smallest absolute Gasteiger partial charge is 0.408 e. The van der Waals surface area contributed by atoms with E-state index < -0.39 is 51.4 Å². The first kappa shape index (κ1) is 27.5. The van der Waals surface area contributed by atoms with Gasteiger partial charge in [-0.2, -0.15) is 8.42 Å². The fraction of sp³-hybridized carbons (Fsp3) is 0.571. The summed E-state index contributed by atoms with van der Waals surface area (Å²) >= 11 is 0. The van der Waals surface area contributed by atoms with Crippen molar-refractivity contribution in [2.24, 2.45) is 11.8 Å². The highest BCUT2D eigenvalue weighted by Crippen LogP contribution is 2.20. The van der Waals surface area contributed by atoms with Crippen LogP contribution in [0.2, 0.25) is 0 Å². The molecule has 0 spiro atoms. The van der Waals surface area contributed by atoms with Crippen molar-refractivity contribution in [3.05, 3.63) is 35.6 Å². The molecule has 1 aliphatic rings. The van der Waals surface area contributed by atoms with E-state index in [4.69, 9.17) is 4.74 Å². The Morgan fingerprint density at radius 3 is 2.41 bits per heavy atom. The van der Waals surface area contributed by atoms with Crippen LogP contribution < -0.4 is 16.0 Å². The molecule has 3 amide bonds. The summed E-state index contributed by atoms with van der Waals surface area (Å²) in [6, 6.07) is 2.62. The van der Waals surface area contributed by atoms with Gasteiger partial charge >= 0.3 is 6.09 Å². The molecule has 1 aliphatic heterocycles. The second-order valence-corrected chi connectivity index (χ2v) is 10.1. The highest BCUT2D eigenvalue weighted by atomic mass is 32.2. The number of ether oxygens (including phenoxy) is 1. The van der Waals surface area contributed by atoms with Gasteiger partial charge in [-0.3, -0.25) is 14.1 Å². The number of amides is 3. The molecule has 0 unspecified atom stereocenters.